The molecule has 0 radical (unpaired) electrons. The minimum atomic E-state index is 0.0681. The molecule has 1 aliphatic carbocycles. The molecule has 0 saturated heterocycles. The van der Waals surface area contributed by atoms with Crippen LogP contribution in [0.3, 0.4) is 0 Å². The van der Waals surface area contributed by atoms with Crippen molar-refractivity contribution in [3.05, 3.63) is 69.7 Å². The summed E-state index contributed by atoms with van der Waals surface area (Å²) in [5.74, 6) is 0. The Morgan fingerprint density at radius 1 is 0.850 bits per heavy atom. The van der Waals surface area contributed by atoms with Gasteiger partial charge in [0.15, 0.2) is 0 Å². The van der Waals surface area contributed by atoms with E-state index in [1.807, 2.05) is 24.3 Å². The fourth-order valence-corrected chi connectivity index (χ4v) is 3.40. The molecular weight excluding hydrogens is 289 g/mol. The Hall–Kier alpha value is -1.02. The van der Waals surface area contributed by atoms with Crippen LogP contribution in [0.2, 0.25) is 10.0 Å². The standard InChI is InChI=1S/C17H17Cl2N/c1-20(2)16-11-17(16,12-3-7-14(18)8-4-12)13-5-9-15(19)10-6-13/h3-10,16H,11H2,1-2H3. The molecule has 0 aliphatic heterocycles. The van der Waals surface area contributed by atoms with Crippen molar-refractivity contribution in [2.24, 2.45) is 0 Å². The van der Waals surface area contributed by atoms with Gasteiger partial charge in [0.25, 0.3) is 0 Å². The van der Waals surface area contributed by atoms with Crippen molar-refractivity contribution < 1.29 is 0 Å². The molecule has 20 heavy (non-hydrogen) atoms. The van der Waals surface area contributed by atoms with Gasteiger partial charge < -0.3 is 4.90 Å². The number of halogens is 2. The molecule has 0 N–H and O–H groups in total. The molecule has 1 atom stereocenters. The van der Waals surface area contributed by atoms with E-state index in [-0.39, 0.29) is 5.41 Å². The lowest BCUT2D eigenvalue weighted by Crippen LogP contribution is -2.25. The first-order chi connectivity index (χ1) is 9.54. The minimum Gasteiger partial charge on any atom is -0.305 e. The molecule has 1 saturated carbocycles. The highest BCUT2D eigenvalue weighted by atomic mass is 35.5. The van der Waals surface area contributed by atoms with E-state index in [4.69, 9.17) is 23.2 Å². The molecule has 1 fully saturated rings. The summed E-state index contributed by atoms with van der Waals surface area (Å²) < 4.78 is 0. The lowest BCUT2D eigenvalue weighted by atomic mass is 9.87. The van der Waals surface area contributed by atoms with Crippen LogP contribution in [0.4, 0.5) is 0 Å². The molecule has 1 aliphatic rings. The van der Waals surface area contributed by atoms with E-state index in [2.05, 4.69) is 43.3 Å². The third kappa shape index (κ3) is 2.24. The average molecular weight is 306 g/mol. The summed E-state index contributed by atoms with van der Waals surface area (Å²) in [5.41, 5.74) is 2.71. The van der Waals surface area contributed by atoms with Crippen LogP contribution in [0.15, 0.2) is 48.5 Å². The smallest absolute Gasteiger partial charge is 0.0406 e. The third-order valence-electron chi connectivity index (χ3n) is 4.27. The quantitative estimate of drug-likeness (QED) is 0.800. The van der Waals surface area contributed by atoms with Gasteiger partial charge in [0.2, 0.25) is 0 Å². The monoisotopic (exact) mass is 305 g/mol. The Bertz CT molecular complexity index is 556. The molecule has 1 unspecified atom stereocenters. The van der Waals surface area contributed by atoms with Crippen LogP contribution in [0.1, 0.15) is 17.5 Å². The van der Waals surface area contributed by atoms with Gasteiger partial charge in [0.1, 0.15) is 0 Å². The molecule has 0 aromatic heterocycles. The SMILES string of the molecule is CN(C)C1CC1(c1ccc(Cl)cc1)c1ccc(Cl)cc1. The first-order valence-electron chi connectivity index (χ1n) is 6.72. The van der Waals surface area contributed by atoms with Crippen LogP contribution in [0, 0.1) is 0 Å². The van der Waals surface area contributed by atoms with Gasteiger partial charge in [-0.2, -0.15) is 0 Å². The number of benzene rings is 2. The second-order valence-corrected chi connectivity index (χ2v) is 6.54. The minimum absolute atomic E-state index is 0.0681. The number of rotatable bonds is 3. The summed E-state index contributed by atoms with van der Waals surface area (Å²) >= 11 is 12.0. The average Bonchev–Trinajstić information content (AvgIpc) is 3.17. The molecule has 3 rings (SSSR count). The molecule has 0 amide bonds. The van der Waals surface area contributed by atoms with Crippen LogP contribution in [0.25, 0.3) is 0 Å². The molecule has 0 heterocycles. The van der Waals surface area contributed by atoms with Gasteiger partial charge in [0, 0.05) is 21.5 Å². The van der Waals surface area contributed by atoms with Gasteiger partial charge >= 0.3 is 0 Å². The normalized spacial score (nSPS) is 20.1. The lowest BCUT2D eigenvalue weighted by molar-refractivity contribution is 0.374. The van der Waals surface area contributed by atoms with Crippen LogP contribution in [-0.2, 0) is 5.41 Å². The highest BCUT2D eigenvalue weighted by Crippen LogP contribution is 2.55. The van der Waals surface area contributed by atoms with Crippen molar-refractivity contribution in [2.75, 3.05) is 14.1 Å². The Balaban J connectivity index is 2.07. The lowest BCUT2D eigenvalue weighted by Gasteiger charge is -2.22. The largest absolute Gasteiger partial charge is 0.305 e. The van der Waals surface area contributed by atoms with Crippen molar-refractivity contribution in [1.82, 2.24) is 4.90 Å². The molecule has 104 valence electrons. The molecule has 0 bridgehead atoms. The Morgan fingerprint density at radius 3 is 1.55 bits per heavy atom. The van der Waals surface area contributed by atoms with Gasteiger partial charge in [-0.05, 0) is 55.9 Å². The Morgan fingerprint density at radius 2 is 1.25 bits per heavy atom. The Kier molecular flexibility index (Phi) is 3.53. The van der Waals surface area contributed by atoms with Crippen LogP contribution < -0.4 is 0 Å². The maximum absolute atomic E-state index is 6.02. The van der Waals surface area contributed by atoms with E-state index >= 15 is 0 Å². The molecular formula is C17H17Cl2N. The number of nitrogens with zero attached hydrogens (tertiary/aromatic N) is 1. The predicted octanol–water partition coefficient (Wildman–Crippen LogP) is 4.61. The van der Waals surface area contributed by atoms with Gasteiger partial charge in [-0.3, -0.25) is 0 Å². The van der Waals surface area contributed by atoms with Gasteiger partial charge in [-0.25, -0.2) is 0 Å². The van der Waals surface area contributed by atoms with E-state index in [0.29, 0.717) is 6.04 Å². The highest BCUT2D eigenvalue weighted by molar-refractivity contribution is 6.30. The number of hydrogen-bond donors (Lipinski definition) is 0. The van der Waals surface area contributed by atoms with Crippen molar-refractivity contribution >= 4 is 23.2 Å². The molecule has 0 spiro atoms. The summed E-state index contributed by atoms with van der Waals surface area (Å²) in [6.45, 7) is 0. The van der Waals surface area contributed by atoms with Gasteiger partial charge in [-0.1, -0.05) is 47.5 Å². The fourth-order valence-electron chi connectivity index (χ4n) is 3.15. The molecule has 2 aromatic rings. The maximum atomic E-state index is 6.02. The van der Waals surface area contributed by atoms with Crippen molar-refractivity contribution in [1.29, 1.82) is 0 Å². The fraction of sp³-hybridized carbons (Fsp3) is 0.294. The van der Waals surface area contributed by atoms with Crippen molar-refractivity contribution in [2.45, 2.75) is 17.9 Å². The summed E-state index contributed by atoms with van der Waals surface area (Å²) in [7, 11) is 4.27. The molecule has 2 aromatic carbocycles. The van der Waals surface area contributed by atoms with Crippen LogP contribution in [-0.4, -0.2) is 25.0 Å². The van der Waals surface area contributed by atoms with Gasteiger partial charge in [0.05, 0.1) is 0 Å². The number of likely N-dealkylation sites (N-methyl/N-ethyl adjacent to an activating group) is 1. The molecule has 1 nitrogen and oxygen atoms in total. The summed E-state index contributed by atoms with van der Waals surface area (Å²) in [6.07, 6.45) is 1.13. The number of hydrogen-bond acceptors (Lipinski definition) is 1. The Labute approximate surface area is 130 Å². The predicted molar refractivity (Wildman–Crippen MR) is 85.8 cm³/mol. The zero-order valence-electron chi connectivity index (χ0n) is 11.6. The van der Waals surface area contributed by atoms with Gasteiger partial charge in [-0.15, -0.1) is 0 Å². The molecule has 3 heteroatoms. The van der Waals surface area contributed by atoms with E-state index < -0.39 is 0 Å². The third-order valence-corrected chi connectivity index (χ3v) is 4.77. The van der Waals surface area contributed by atoms with E-state index in [1.54, 1.807) is 0 Å². The van der Waals surface area contributed by atoms with E-state index in [1.165, 1.54) is 11.1 Å². The second kappa shape index (κ2) is 5.07. The topological polar surface area (TPSA) is 3.24 Å². The second-order valence-electron chi connectivity index (χ2n) is 5.67. The first kappa shape index (κ1) is 13.9. The summed E-state index contributed by atoms with van der Waals surface area (Å²) in [5, 5.41) is 1.56. The summed E-state index contributed by atoms with van der Waals surface area (Å²) in [4.78, 5) is 2.29. The van der Waals surface area contributed by atoms with Crippen molar-refractivity contribution in [3.63, 3.8) is 0 Å². The van der Waals surface area contributed by atoms with E-state index in [0.717, 1.165) is 16.5 Å². The van der Waals surface area contributed by atoms with Crippen LogP contribution in [0.5, 0.6) is 0 Å². The zero-order chi connectivity index (χ0) is 14.3. The summed E-state index contributed by atoms with van der Waals surface area (Å²) in [6, 6.07) is 17.0. The zero-order valence-corrected chi connectivity index (χ0v) is 13.1. The maximum Gasteiger partial charge on any atom is 0.0406 e. The first-order valence-corrected chi connectivity index (χ1v) is 7.48. The van der Waals surface area contributed by atoms with Crippen LogP contribution >= 0.6 is 23.2 Å². The van der Waals surface area contributed by atoms with E-state index in [9.17, 15) is 0 Å². The van der Waals surface area contributed by atoms with Crippen molar-refractivity contribution in [3.8, 4) is 0 Å². The highest BCUT2D eigenvalue weighted by Gasteiger charge is 2.57.